The summed E-state index contributed by atoms with van der Waals surface area (Å²) in [6.45, 7) is 1.58. The Balaban J connectivity index is 1.65. The zero-order valence-corrected chi connectivity index (χ0v) is 25.6. The highest BCUT2D eigenvalue weighted by molar-refractivity contribution is 5.95. The first kappa shape index (κ1) is 32.4. The molecular weight excluding hydrogens is 604 g/mol. The minimum atomic E-state index is -4.71. The van der Waals surface area contributed by atoms with Gasteiger partial charge in [-0.1, -0.05) is 12.1 Å². The molecule has 0 bridgehead atoms. The highest BCUT2D eigenvalue weighted by Gasteiger charge is 2.33. The number of rotatable bonds is 8. The Hall–Kier alpha value is -5.04. The van der Waals surface area contributed by atoms with E-state index >= 15 is 0 Å². The van der Waals surface area contributed by atoms with E-state index in [9.17, 15) is 31.9 Å². The van der Waals surface area contributed by atoms with Crippen molar-refractivity contribution in [1.82, 2.24) is 19.8 Å². The first-order chi connectivity index (χ1) is 21.8. The summed E-state index contributed by atoms with van der Waals surface area (Å²) in [5.74, 6) is -1.16. The minimum Gasteiger partial charge on any atom is -0.345 e. The van der Waals surface area contributed by atoms with Gasteiger partial charge in [0, 0.05) is 43.1 Å². The van der Waals surface area contributed by atoms with Crippen molar-refractivity contribution in [3.05, 3.63) is 105 Å². The fourth-order valence-corrected chi connectivity index (χ4v) is 5.28. The van der Waals surface area contributed by atoms with E-state index < -0.39 is 35.1 Å². The highest BCUT2D eigenvalue weighted by Crippen LogP contribution is 2.39. The number of anilines is 3. The molecule has 5 rings (SSSR count). The number of likely N-dealkylation sites (N-methyl/N-ethyl adjacent to an activating group) is 1. The summed E-state index contributed by atoms with van der Waals surface area (Å²) in [6.07, 6.45) is -3.07. The van der Waals surface area contributed by atoms with Crippen LogP contribution in [0.3, 0.4) is 0 Å². The maximum absolute atomic E-state index is 14.2. The molecule has 1 aliphatic rings. The van der Waals surface area contributed by atoms with Crippen molar-refractivity contribution in [3.63, 3.8) is 0 Å². The lowest BCUT2D eigenvalue weighted by Gasteiger charge is -2.23. The summed E-state index contributed by atoms with van der Waals surface area (Å²) >= 11 is 0. The monoisotopic (exact) mass is 636 g/mol. The van der Waals surface area contributed by atoms with Crippen molar-refractivity contribution < 1.29 is 27.2 Å². The predicted octanol–water partition coefficient (Wildman–Crippen LogP) is 5.06. The topological polar surface area (TPSA) is 99.6 Å². The van der Waals surface area contributed by atoms with E-state index in [0.29, 0.717) is 35.3 Å². The first-order valence-electron chi connectivity index (χ1n) is 14.4. The van der Waals surface area contributed by atoms with Gasteiger partial charge >= 0.3 is 6.18 Å². The second-order valence-electron chi connectivity index (χ2n) is 11.2. The molecule has 2 amide bonds. The summed E-state index contributed by atoms with van der Waals surface area (Å²) in [7, 11) is 4.76. The van der Waals surface area contributed by atoms with Gasteiger partial charge in [0.2, 0.25) is 5.91 Å². The number of fused-ring (bicyclic) bond motifs is 1. The van der Waals surface area contributed by atoms with Crippen LogP contribution >= 0.6 is 0 Å². The van der Waals surface area contributed by atoms with Gasteiger partial charge in [-0.3, -0.25) is 19.0 Å². The third-order valence-electron chi connectivity index (χ3n) is 7.80. The molecule has 3 aromatic carbocycles. The van der Waals surface area contributed by atoms with Crippen molar-refractivity contribution in [2.24, 2.45) is 0 Å². The average molecular weight is 637 g/mol. The summed E-state index contributed by atoms with van der Waals surface area (Å²) in [4.78, 5) is 46.7. The second kappa shape index (κ2) is 12.8. The average Bonchev–Trinajstić information content (AvgIpc) is 3.44. The van der Waals surface area contributed by atoms with Gasteiger partial charge in [0.05, 0.1) is 24.3 Å². The van der Waals surface area contributed by atoms with E-state index in [0.717, 1.165) is 12.1 Å². The molecule has 0 spiro atoms. The molecular formula is C33H32F4N6O3. The molecule has 46 heavy (non-hydrogen) atoms. The summed E-state index contributed by atoms with van der Waals surface area (Å²) < 4.78 is 57.7. The maximum Gasteiger partial charge on any atom is 0.416 e. The molecule has 13 heteroatoms. The van der Waals surface area contributed by atoms with Crippen LogP contribution in [0, 0.1) is 5.82 Å². The van der Waals surface area contributed by atoms with Crippen LogP contribution in [0.15, 0.2) is 71.7 Å². The Morgan fingerprint density at radius 3 is 2.52 bits per heavy atom. The van der Waals surface area contributed by atoms with Gasteiger partial charge in [-0.15, -0.1) is 0 Å². The van der Waals surface area contributed by atoms with E-state index in [1.54, 1.807) is 63.3 Å². The molecule has 4 aromatic rings. The number of hydrogen-bond donors (Lipinski definition) is 2. The third kappa shape index (κ3) is 6.64. The van der Waals surface area contributed by atoms with Crippen LogP contribution in [0.25, 0.3) is 11.4 Å². The Bertz CT molecular complexity index is 1870. The van der Waals surface area contributed by atoms with Crippen LogP contribution < -0.4 is 21.1 Å². The van der Waals surface area contributed by atoms with E-state index in [1.807, 2.05) is 0 Å². The number of nitrogens with one attached hydrogen (secondary N) is 2. The summed E-state index contributed by atoms with van der Waals surface area (Å²) in [5.41, 5.74) is 0.518. The smallest absolute Gasteiger partial charge is 0.345 e. The van der Waals surface area contributed by atoms with Gasteiger partial charge in [0.15, 0.2) is 0 Å². The molecule has 0 radical (unpaired) electrons. The van der Waals surface area contributed by atoms with Gasteiger partial charge in [0.25, 0.3) is 11.5 Å². The van der Waals surface area contributed by atoms with E-state index in [4.69, 9.17) is 0 Å². The lowest BCUT2D eigenvalue weighted by molar-refractivity contribution is -0.137. The number of aromatic nitrogens is 2. The maximum atomic E-state index is 14.2. The fraction of sp³-hybridized carbons (Fsp3) is 0.273. The number of benzene rings is 3. The Morgan fingerprint density at radius 1 is 1.07 bits per heavy atom. The molecule has 0 saturated heterocycles. The van der Waals surface area contributed by atoms with Gasteiger partial charge in [0.1, 0.15) is 17.3 Å². The molecule has 240 valence electrons. The van der Waals surface area contributed by atoms with Gasteiger partial charge < -0.3 is 20.4 Å². The van der Waals surface area contributed by atoms with E-state index in [-0.39, 0.29) is 35.2 Å². The van der Waals surface area contributed by atoms with Crippen molar-refractivity contribution in [3.8, 4) is 11.4 Å². The lowest BCUT2D eigenvalue weighted by Crippen LogP contribution is -2.38. The normalized spacial score (nSPS) is 13.3. The molecule has 9 nitrogen and oxygen atoms in total. The Kier molecular flexibility index (Phi) is 8.97. The molecule has 1 unspecified atom stereocenters. The number of carbonyl (C=O) groups excluding carboxylic acids is 2. The SMILES string of the molecule is CNC(C)C(=O)Nc1cnc(-c2cccc(C(=O)N(C)C)c2)n(Cc2cc(N3CCc4cc(F)ccc43)cc(C(F)(F)F)c2)c1=O. The van der Waals surface area contributed by atoms with Crippen LogP contribution in [-0.2, 0) is 23.9 Å². The molecule has 0 saturated carbocycles. The number of hydrogen-bond acceptors (Lipinski definition) is 6. The second-order valence-corrected chi connectivity index (χ2v) is 11.2. The van der Waals surface area contributed by atoms with Crippen molar-refractivity contribution in [1.29, 1.82) is 0 Å². The van der Waals surface area contributed by atoms with Crippen molar-refractivity contribution in [2.75, 3.05) is 37.9 Å². The quantitative estimate of drug-likeness (QED) is 0.263. The molecule has 0 aliphatic carbocycles. The van der Waals surface area contributed by atoms with Gasteiger partial charge in [-0.2, -0.15) is 13.2 Å². The number of nitrogens with zero attached hydrogens (tertiary/aromatic N) is 4. The lowest BCUT2D eigenvalue weighted by atomic mass is 10.1. The number of alkyl halides is 3. The minimum absolute atomic E-state index is 0.0824. The van der Waals surface area contributed by atoms with E-state index in [2.05, 4.69) is 15.6 Å². The van der Waals surface area contributed by atoms with E-state index in [1.165, 1.54) is 33.9 Å². The summed E-state index contributed by atoms with van der Waals surface area (Å²) in [5, 5.41) is 5.32. The zero-order valence-electron chi connectivity index (χ0n) is 25.6. The van der Waals surface area contributed by atoms with Crippen LogP contribution in [0.4, 0.5) is 34.6 Å². The molecule has 0 fully saturated rings. The largest absolute Gasteiger partial charge is 0.416 e. The molecule has 1 aromatic heterocycles. The van der Waals surface area contributed by atoms with Gasteiger partial charge in [-0.05, 0) is 80.1 Å². The molecule has 2 N–H and O–H groups in total. The van der Waals surface area contributed by atoms with Crippen LogP contribution in [0.5, 0.6) is 0 Å². The number of amides is 2. The van der Waals surface area contributed by atoms with Crippen LogP contribution in [0.2, 0.25) is 0 Å². The van der Waals surface area contributed by atoms with Crippen LogP contribution in [0.1, 0.15) is 34.0 Å². The Labute approximate surface area is 262 Å². The molecule has 1 aliphatic heterocycles. The van der Waals surface area contributed by atoms with Gasteiger partial charge in [-0.25, -0.2) is 9.37 Å². The highest BCUT2D eigenvalue weighted by atomic mass is 19.4. The Morgan fingerprint density at radius 2 is 1.83 bits per heavy atom. The standard InChI is InChI=1S/C33H32F4N6O3/c1-19(38-2)30(44)40-27-17-39-29(22-6-5-7-23(14-22)31(45)41(3)4)43(32(27)46)18-20-12-24(33(35,36)37)16-26(13-20)42-11-10-21-15-25(34)8-9-28(21)42/h5-9,12-17,19,38H,10-11,18H2,1-4H3,(H,40,44). The number of carbonyl (C=O) groups is 2. The fourth-order valence-electron chi connectivity index (χ4n) is 5.28. The van der Waals surface area contributed by atoms with Crippen molar-refractivity contribution >= 4 is 28.9 Å². The van der Waals surface area contributed by atoms with Crippen molar-refractivity contribution in [2.45, 2.75) is 32.1 Å². The first-order valence-corrected chi connectivity index (χ1v) is 14.4. The zero-order chi connectivity index (χ0) is 33.3. The molecule has 1 atom stereocenters. The third-order valence-corrected chi connectivity index (χ3v) is 7.80. The van der Waals surface area contributed by atoms with Crippen LogP contribution in [-0.4, -0.2) is 60.0 Å². The summed E-state index contributed by atoms with van der Waals surface area (Å²) in [6, 6.07) is 13.4. The number of halogens is 4. The molecule has 2 heterocycles. The predicted molar refractivity (Wildman–Crippen MR) is 167 cm³/mol.